The van der Waals surface area contributed by atoms with Crippen LogP contribution in [-0.4, -0.2) is 41.6 Å². The maximum Gasteiger partial charge on any atom is 0.408 e. The highest BCUT2D eigenvalue weighted by Gasteiger charge is 2.31. The Hall–Kier alpha value is -2.31. The highest BCUT2D eigenvalue weighted by molar-refractivity contribution is 5.86. The van der Waals surface area contributed by atoms with Gasteiger partial charge in [0.25, 0.3) is 5.91 Å². The smallest absolute Gasteiger partial charge is 0.408 e. The van der Waals surface area contributed by atoms with E-state index in [0.717, 1.165) is 5.69 Å². The summed E-state index contributed by atoms with van der Waals surface area (Å²) in [7, 11) is 1.63. The van der Waals surface area contributed by atoms with Crippen LogP contribution in [0.3, 0.4) is 0 Å². The molecule has 0 radical (unpaired) electrons. The molecule has 1 aliphatic heterocycles. The lowest BCUT2D eigenvalue weighted by atomic mass is 10.2. The SMILES string of the molecule is CN(Cc1ccc(N)cn1)C(=O)C1CNC(=O)O1. The van der Waals surface area contributed by atoms with Gasteiger partial charge in [-0.1, -0.05) is 0 Å². The Morgan fingerprint density at radius 1 is 1.67 bits per heavy atom. The lowest BCUT2D eigenvalue weighted by molar-refractivity contribution is -0.137. The molecule has 1 saturated heterocycles. The van der Waals surface area contributed by atoms with Crippen LogP contribution in [0.5, 0.6) is 0 Å². The maximum atomic E-state index is 11.9. The molecule has 0 aliphatic carbocycles. The second-order valence-corrected chi connectivity index (χ2v) is 4.05. The van der Waals surface area contributed by atoms with Gasteiger partial charge in [0.15, 0.2) is 6.10 Å². The largest absolute Gasteiger partial charge is 0.434 e. The van der Waals surface area contributed by atoms with Crippen LogP contribution in [0.25, 0.3) is 0 Å². The van der Waals surface area contributed by atoms with E-state index < -0.39 is 12.2 Å². The Labute approximate surface area is 104 Å². The third kappa shape index (κ3) is 2.68. The summed E-state index contributed by atoms with van der Waals surface area (Å²) in [4.78, 5) is 28.3. The molecule has 7 nitrogen and oxygen atoms in total. The number of nitrogens with two attached hydrogens (primary N) is 1. The fourth-order valence-electron chi connectivity index (χ4n) is 1.62. The normalized spacial score (nSPS) is 18.1. The number of alkyl carbamates (subject to hydrolysis) is 1. The summed E-state index contributed by atoms with van der Waals surface area (Å²) in [6, 6.07) is 3.47. The van der Waals surface area contributed by atoms with Gasteiger partial charge < -0.3 is 20.7 Å². The van der Waals surface area contributed by atoms with Gasteiger partial charge in [-0.3, -0.25) is 9.78 Å². The van der Waals surface area contributed by atoms with Gasteiger partial charge in [-0.05, 0) is 12.1 Å². The topological polar surface area (TPSA) is 97.5 Å². The Morgan fingerprint density at radius 2 is 2.44 bits per heavy atom. The third-order valence-electron chi connectivity index (χ3n) is 2.58. The van der Waals surface area contributed by atoms with E-state index in [9.17, 15) is 9.59 Å². The summed E-state index contributed by atoms with van der Waals surface area (Å²) < 4.78 is 4.82. The Bertz CT molecular complexity index is 460. The molecule has 3 N–H and O–H groups in total. The van der Waals surface area contributed by atoms with Gasteiger partial charge in [-0.2, -0.15) is 0 Å². The van der Waals surface area contributed by atoms with Crippen LogP contribution < -0.4 is 11.1 Å². The number of nitrogens with one attached hydrogen (secondary N) is 1. The first-order chi connectivity index (χ1) is 8.56. The molecule has 1 aliphatic rings. The van der Waals surface area contributed by atoms with Gasteiger partial charge >= 0.3 is 6.09 Å². The first-order valence-electron chi connectivity index (χ1n) is 5.46. The summed E-state index contributed by atoms with van der Waals surface area (Å²) in [5.74, 6) is -0.257. The molecular weight excluding hydrogens is 236 g/mol. The highest BCUT2D eigenvalue weighted by Crippen LogP contribution is 2.08. The molecular formula is C11H14N4O3. The standard InChI is InChI=1S/C11H14N4O3/c1-15(6-8-3-2-7(12)4-13-8)10(16)9-5-14-11(17)18-9/h2-4,9H,5-6,12H2,1H3,(H,14,17). The number of carbonyl (C=O) groups excluding carboxylic acids is 2. The van der Waals surface area contributed by atoms with Gasteiger partial charge in [0.2, 0.25) is 0 Å². The second-order valence-electron chi connectivity index (χ2n) is 4.05. The monoisotopic (exact) mass is 250 g/mol. The fourth-order valence-corrected chi connectivity index (χ4v) is 1.62. The minimum Gasteiger partial charge on any atom is -0.434 e. The maximum absolute atomic E-state index is 11.9. The third-order valence-corrected chi connectivity index (χ3v) is 2.58. The number of carbonyl (C=O) groups is 2. The average molecular weight is 250 g/mol. The first kappa shape index (κ1) is 12.2. The molecule has 1 unspecified atom stereocenters. The van der Waals surface area contributed by atoms with Crippen LogP contribution in [0.4, 0.5) is 10.5 Å². The second kappa shape index (κ2) is 4.91. The molecule has 1 fully saturated rings. The summed E-state index contributed by atoms with van der Waals surface area (Å²) >= 11 is 0. The van der Waals surface area contributed by atoms with Crippen molar-refractivity contribution in [2.75, 3.05) is 19.3 Å². The van der Waals surface area contributed by atoms with Crippen LogP contribution in [0.2, 0.25) is 0 Å². The number of nitrogen functional groups attached to an aromatic ring is 1. The van der Waals surface area contributed by atoms with Crippen LogP contribution >= 0.6 is 0 Å². The van der Waals surface area contributed by atoms with Crippen LogP contribution in [0.15, 0.2) is 18.3 Å². The quantitative estimate of drug-likeness (QED) is 0.769. The van der Waals surface area contributed by atoms with Gasteiger partial charge in [0.1, 0.15) is 0 Å². The van der Waals surface area contributed by atoms with E-state index in [-0.39, 0.29) is 12.5 Å². The number of anilines is 1. The highest BCUT2D eigenvalue weighted by atomic mass is 16.6. The van der Waals surface area contributed by atoms with Gasteiger partial charge in [-0.25, -0.2) is 4.79 Å². The Balaban J connectivity index is 1.95. The molecule has 18 heavy (non-hydrogen) atoms. The van der Waals surface area contributed by atoms with Crippen molar-refractivity contribution in [3.05, 3.63) is 24.0 Å². The zero-order valence-electron chi connectivity index (χ0n) is 9.92. The van der Waals surface area contributed by atoms with Crippen molar-refractivity contribution < 1.29 is 14.3 Å². The number of hydrogen-bond donors (Lipinski definition) is 2. The van der Waals surface area contributed by atoms with E-state index in [1.54, 1.807) is 19.2 Å². The predicted octanol–water partition coefficient (Wildman–Crippen LogP) is -0.269. The van der Waals surface area contributed by atoms with Crippen molar-refractivity contribution in [1.82, 2.24) is 15.2 Å². The molecule has 2 amide bonds. The van der Waals surface area contributed by atoms with Crippen molar-refractivity contribution in [2.45, 2.75) is 12.6 Å². The lowest BCUT2D eigenvalue weighted by Gasteiger charge is -2.19. The molecule has 7 heteroatoms. The van der Waals surface area contributed by atoms with Gasteiger partial charge in [0, 0.05) is 7.05 Å². The van der Waals surface area contributed by atoms with E-state index in [0.29, 0.717) is 12.2 Å². The molecule has 1 atom stereocenters. The fraction of sp³-hybridized carbons (Fsp3) is 0.364. The minimum absolute atomic E-state index is 0.206. The molecule has 0 aromatic carbocycles. The number of aromatic nitrogens is 1. The predicted molar refractivity (Wildman–Crippen MR) is 63.4 cm³/mol. The number of nitrogens with zero attached hydrogens (tertiary/aromatic N) is 2. The number of ether oxygens (including phenoxy) is 1. The zero-order chi connectivity index (χ0) is 13.1. The number of hydrogen-bond acceptors (Lipinski definition) is 5. The van der Waals surface area contributed by atoms with Crippen molar-refractivity contribution in [3.8, 4) is 0 Å². The first-order valence-corrected chi connectivity index (χ1v) is 5.46. The molecule has 0 spiro atoms. The van der Waals surface area contributed by atoms with E-state index in [2.05, 4.69) is 10.3 Å². The molecule has 96 valence electrons. The summed E-state index contributed by atoms with van der Waals surface area (Å²) in [5, 5.41) is 2.44. The van der Waals surface area contributed by atoms with Crippen molar-refractivity contribution in [2.24, 2.45) is 0 Å². The zero-order valence-corrected chi connectivity index (χ0v) is 9.92. The van der Waals surface area contributed by atoms with E-state index in [1.807, 2.05) is 0 Å². The van der Waals surface area contributed by atoms with Crippen molar-refractivity contribution in [3.63, 3.8) is 0 Å². The van der Waals surface area contributed by atoms with Crippen LogP contribution in [-0.2, 0) is 16.1 Å². The molecule has 1 aromatic heterocycles. The molecule has 1 aromatic rings. The van der Waals surface area contributed by atoms with Crippen LogP contribution in [0.1, 0.15) is 5.69 Å². The van der Waals surface area contributed by atoms with Gasteiger partial charge in [-0.15, -0.1) is 0 Å². The molecule has 2 rings (SSSR count). The van der Waals surface area contributed by atoms with E-state index in [4.69, 9.17) is 10.5 Å². The number of likely N-dealkylation sites (N-methyl/N-ethyl adjacent to an activating group) is 1. The van der Waals surface area contributed by atoms with Crippen molar-refractivity contribution in [1.29, 1.82) is 0 Å². The van der Waals surface area contributed by atoms with Crippen molar-refractivity contribution >= 4 is 17.7 Å². The lowest BCUT2D eigenvalue weighted by Crippen LogP contribution is -2.38. The minimum atomic E-state index is -0.753. The van der Waals surface area contributed by atoms with E-state index in [1.165, 1.54) is 11.1 Å². The summed E-state index contributed by atoms with van der Waals surface area (Å²) in [5.41, 5.74) is 6.81. The number of cyclic esters (lactones) is 1. The Morgan fingerprint density at radius 3 is 3.00 bits per heavy atom. The molecule has 0 saturated carbocycles. The van der Waals surface area contributed by atoms with Crippen LogP contribution in [0, 0.1) is 0 Å². The number of pyridine rings is 1. The number of amides is 2. The average Bonchev–Trinajstić information content (AvgIpc) is 2.78. The van der Waals surface area contributed by atoms with E-state index >= 15 is 0 Å². The molecule has 0 bridgehead atoms. The molecule has 2 heterocycles. The Kier molecular flexibility index (Phi) is 3.31. The summed E-state index contributed by atoms with van der Waals surface area (Å²) in [6.07, 6.45) is 0.216. The van der Waals surface area contributed by atoms with Gasteiger partial charge in [0.05, 0.1) is 30.7 Å². The number of rotatable bonds is 3. The summed E-state index contributed by atoms with van der Waals surface area (Å²) in [6.45, 7) is 0.546.